The van der Waals surface area contributed by atoms with Crippen molar-refractivity contribution in [1.82, 2.24) is 5.32 Å². The van der Waals surface area contributed by atoms with Gasteiger partial charge < -0.3 is 10.4 Å². The van der Waals surface area contributed by atoms with E-state index in [0.717, 1.165) is 37.1 Å². The van der Waals surface area contributed by atoms with Crippen LogP contribution in [0.1, 0.15) is 43.9 Å². The zero-order valence-corrected chi connectivity index (χ0v) is 10.7. The summed E-state index contributed by atoms with van der Waals surface area (Å²) in [6, 6.07) is 4.70. The molecule has 0 radical (unpaired) electrons. The van der Waals surface area contributed by atoms with Gasteiger partial charge in [-0.25, -0.2) is 0 Å². The molecule has 1 aliphatic carbocycles. The zero-order valence-electron chi connectivity index (χ0n) is 9.91. The minimum atomic E-state index is -0.543. The maximum absolute atomic E-state index is 10.6. The van der Waals surface area contributed by atoms with Gasteiger partial charge in [0.25, 0.3) is 0 Å². The van der Waals surface area contributed by atoms with Gasteiger partial charge in [0, 0.05) is 10.9 Å². The van der Waals surface area contributed by atoms with Crippen LogP contribution in [0.5, 0.6) is 0 Å². The van der Waals surface area contributed by atoms with Gasteiger partial charge in [-0.1, -0.05) is 13.0 Å². The maximum atomic E-state index is 10.6. The summed E-state index contributed by atoms with van der Waals surface area (Å²) in [5.74, 6) is 0. The molecule has 0 bridgehead atoms. The Hall–Kier alpha value is -0.380. The molecule has 1 aromatic heterocycles. The highest BCUT2D eigenvalue weighted by molar-refractivity contribution is 7.10. The quantitative estimate of drug-likeness (QED) is 0.847. The summed E-state index contributed by atoms with van der Waals surface area (Å²) in [5, 5.41) is 16.2. The van der Waals surface area contributed by atoms with Gasteiger partial charge in [0.1, 0.15) is 0 Å². The fourth-order valence-electron chi connectivity index (χ4n) is 2.44. The molecule has 0 aromatic carbocycles. The van der Waals surface area contributed by atoms with E-state index in [0.29, 0.717) is 6.04 Å². The van der Waals surface area contributed by atoms with Gasteiger partial charge in [0.15, 0.2) is 0 Å². The van der Waals surface area contributed by atoms with E-state index < -0.39 is 5.60 Å². The third-order valence-corrected chi connectivity index (χ3v) is 4.54. The second kappa shape index (κ2) is 5.30. The molecule has 1 heterocycles. The van der Waals surface area contributed by atoms with Gasteiger partial charge in [0.05, 0.1) is 5.60 Å². The van der Waals surface area contributed by atoms with Crippen LogP contribution >= 0.6 is 11.3 Å². The molecule has 1 fully saturated rings. The van der Waals surface area contributed by atoms with E-state index in [-0.39, 0.29) is 0 Å². The second-order valence-corrected chi connectivity index (χ2v) is 5.68. The van der Waals surface area contributed by atoms with Gasteiger partial charge in [-0.3, -0.25) is 0 Å². The van der Waals surface area contributed by atoms with Crippen LogP contribution in [0, 0.1) is 0 Å². The number of rotatable bonds is 4. The molecule has 16 heavy (non-hydrogen) atoms. The Kier molecular flexibility index (Phi) is 4.00. The highest BCUT2D eigenvalue weighted by Crippen LogP contribution is 2.39. The van der Waals surface area contributed by atoms with Crippen LogP contribution in [0.4, 0.5) is 0 Å². The molecule has 0 atom stereocenters. The van der Waals surface area contributed by atoms with E-state index in [1.54, 1.807) is 11.3 Å². The van der Waals surface area contributed by atoms with Crippen LogP contribution < -0.4 is 5.32 Å². The molecule has 1 saturated carbocycles. The fourth-order valence-corrected chi connectivity index (χ4v) is 3.32. The fraction of sp³-hybridized carbons (Fsp3) is 0.692. The Bertz CT molecular complexity index is 302. The van der Waals surface area contributed by atoms with Crippen molar-refractivity contribution in [2.24, 2.45) is 0 Å². The summed E-state index contributed by atoms with van der Waals surface area (Å²) >= 11 is 1.68. The van der Waals surface area contributed by atoms with Crippen molar-refractivity contribution in [3.8, 4) is 0 Å². The lowest BCUT2D eigenvalue weighted by molar-refractivity contribution is -0.00494. The molecule has 0 saturated heterocycles. The lowest BCUT2D eigenvalue weighted by Gasteiger charge is -2.35. The van der Waals surface area contributed by atoms with E-state index in [9.17, 15) is 5.11 Å². The van der Waals surface area contributed by atoms with Crippen molar-refractivity contribution in [2.75, 3.05) is 6.54 Å². The molecular formula is C13H21NOS. The third kappa shape index (κ3) is 2.65. The van der Waals surface area contributed by atoms with Crippen molar-refractivity contribution in [3.63, 3.8) is 0 Å². The summed E-state index contributed by atoms with van der Waals surface area (Å²) < 4.78 is 0. The van der Waals surface area contributed by atoms with E-state index in [1.165, 1.54) is 6.42 Å². The SMILES string of the molecule is CCCNC1CCC(O)(c2cccs2)CC1. The Labute approximate surface area is 102 Å². The first-order valence-electron chi connectivity index (χ1n) is 6.24. The first-order valence-corrected chi connectivity index (χ1v) is 7.12. The monoisotopic (exact) mass is 239 g/mol. The average Bonchev–Trinajstić information content (AvgIpc) is 2.83. The summed E-state index contributed by atoms with van der Waals surface area (Å²) in [6.07, 6.45) is 5.16. The first kappa shape index (κ1) is 12.1. The molecule has 90 valence electrons. The number of aliphatic hydroxyl groups is 1. The van der Waals surface area contributed by atoms with Gasteiger partial charge in [-0.15, -0.1) is 11.3 Å². The van der Waals surface area contributed by atoms with Crippen LogP contribution in [-0.4, -0.2) is 17.7 Å². The molecule has 3 heteroatoms. The van der Waals surface area contributed by atoms with E-state index in [4.69, 9.17) is 0 Å². The smallest absolute Gasteiger partial charge is 0.0989 e. The van der Waals surface area contributed by atoms with Crippen LogP contribution in [0.3, 0.4) is 0 Å². The standard InChI is InChI=1S/C13H21NOS/c1-2-9-14-11-5-7-13(15,8-6-11)12-4-3-10-16-12/h3-4,10-11,14-15H,2,5-9H2,1H3. The van der Waals surface area contributed by atoms with Crippen molar-refractivity contribution < 1.29 is 5.11 Å². The molecule has 1 aromatic rings. The molecule has 0 spiro atoms. The van der Waals surface area contributed by atoms with E-state index in [2.05, 4.69) is 23.7 Å². The van der Waals surface area contributed by atoms with Crippen LogP contribution in [0.2, 0.25) is 0 Å². The lowest BCUT2D eigenvalue weighted by atomic mass is 9.81. The second-order valence-electron chi connectivity index (χ2n) is 4.74. The molecule has 2 N–H and O–H groups in total. The highest BCUT2D eigenvalue weighted by Gasteiger charge is 2.35. The predicted octanol–water partition coefficient (Wildman–Crippen LogP) is 2.88. The molecular weight excluding hydrogens is 218 g/mol. The van der Waals surface area contributed by atoms with Crippen molar-refractivity contribution >= 4 is 11.3 Å². The maximum Gasteiger partial charge on any atom is 0.0989 e. The molecule has 0 aliphatic heterocycles. The minimum absolute atomic E-state index is 0.543. The number of hydrogen-bond acceptors (Lipinski definition) is 3. The molecule has 2 nitrogen and oxygen atoms in total. The summed E-state index contributed by atoms with van der Waals surface area (Å²) in [4.78, 5) is 1.14. The first-order chi connectivity index (χ1) is 7.74. The van der Waals surface area contributed by atoms with Crippen molar-refractivity contribution in [1.29, 1.82) is 0 Å². The summed E-state index contributed by atoms with van der Waals surface area (Å²) in [5.41, 5.74) is -0.543. The van der Waals surface area contributed by atoms with Gasteiger partial charge >= 0.3 is 0 Å². The van der Waals surface area contributed by atoms with Crippen LogP contribution in [0.25, 0.3) is 0 Å². The van der Waals surface area contributed by atoms with E-state index >= 15 is 0 Å². The number of nitrogens with one attached hydrogen (secondary N) is 1. The number of hydrogen-bond donors (Lipinski definition) is 2. The van der Waals surface area contributed by atoms with Crippen molar-refractivity contribution in [2.45, 2.75) is 50.7 Å². The zero-order chi connectivity index (χ0) is 11.4. The molecule has 0 amide bonds. The Morgan fingerprint density at radius 1 is 1.50 bits per heavy atom. The third-order valence-electron chi connectivity index (χ3n) is 3.48. The molecule has 2 rings (SSSR count). The average molecular weight is 239 g/mol. The van der Waals surface area contributed by atoms with Gasteiger partial charge in [-0.2, -0.15) is 0 Å². The topological polar surface area (TPSA) is 32.3 Å². The minimum Gasteiger partial charge on any atom is -0.384 e. The van der Waals surface area contributed by atoms with E-state index in [1.807, 2.05) is 6.07 Å². The van der Waals surface area contributed by atoms with Crippen molar-refractivity contribution in [3.05, 3.63) is 22.4 Å². The van der Waals surface area contributed by atoms with Gasteiger partial charge in [0.2, 0.25) is 0 Å². The largest absolute Gasteiger partial charge is 0.384 e. The Morgan fingerprint density at radius 2 is 2.25 bits per heavy atom. The predicted molar refractivity (Wildman–Crippen MR) is 68.8 cm³/mol. The Balaban J connectivity index is 1.89. The van der Waals surface area contributed by atoms with Crippen LogP contribution in [0.15, 0.2) is 17.5 Å². The number of thiophene rings is 1. The normalized spacial score (nSPS) is 30.5. The summed E-state index contributed by atoms with van der Waals surface area (Å²) in [7, 11) is 0. The summed E-state index contributed by atoms with van der Waals surface area (Å²) in [6.45, 7) is 3.29. The van der Waals surface area contributed by atoms with Crippen LogP contribution in [-0.2, 0) is 5.60 Å². The highest BCUT2D eigenvalue weighted by atomic mass is 32.1. The molecule has 0 unspecified atom stereocenters. The molecule has 1 aliphatic rings. The lowest BCUT2D eigenvalue weighted by Crippen LogP contribution is -2.39. The Morgan fingerprint density at radius 3 is 2.81 bits per heavy atom. The van der Waals surface area contributed by atoms with Gasteiger partial charge in [-0.05, 0) is 50.1 Å².